The third-order valence-electron chi connectivity index (χ3n) is 2.06. The Kier molecular flexibility index (Phi) is 4.54. The van der Waals surface area contributed by atoms with Crippen LogP contribution in [0.2, 0.25) is 0 Å². The number of methoxy groups -OCH3 is 1. The van der Waals surface area contributed by atoms with Gasteiger partial charge in [-0.05, 0) is 0 Å². The highest BCUT2D eigenvalue weighted by Gasteiger charge is 2.39. The quantitative estimate of drug-likeness (QED) is 0.864. The van der Waals surface area contributed by atoms with E-state index in [0.717, 1.165) is 7.11 Å². The Morgan fingerprint density at radius 2 is 1.81 bits per heavy atom. The summed E-state index contributed by atoms with van der Waals surface area (Å²) >= 11 is 0. The van der Waals surface area contributed by atoms with Crippen LogP contribution < -0.4 is 9.47 Å². The summed E-state index contributed by atoms with van der Waals surface area (Å²) in [5.41, 5.74) is -2.66. The van der Waals surface area contributed by atoms with E-state index < -0.39 is 47.8 Å². The van der Waals surface area contributed by atoms with Gasteiger partial charge in [0.15, 0.2) is 17.2 Å². The lowest BCUT2D eigenvalue weighted by Gasteiger charge is -2.16. The van der Waals surface area contributed by atoms with Crippen LogP contribution in [0.15, 0.2) is 6.07 Å². The number of aromatic nitrogens is 1. The van der Waals surface area contributed by atoms with Crippen LogP contribution in [0.5, 0.6) is 11.5 Å². The first kappa shape index (κ1) is 16.9. The van der Waals surface area contributed by atoms with Gasteiger partial charge in [-0.2, -0.15) is 13.2 Å². The van der Waals surface area contributed by atoms with E-state index >= 15 is 0 Å². The molecular weight excluding hydrogens is 312 g/mol. The second-order valence-electron chi connectivity index (χ2n) is 3.60. The summed E-state index contributed by atoms with van der Waals surface area (Å²) in [6.45, 7) is 0. The van der Waals surface area contributed by atoms with Crippen LogP contribution in [0.1, 0.15) is 11.4 Å². The van der Waals surface area contributed by atoms with Crippen LogP contribution in [0, 0.1) is 0 Å². The van der Waals surface area contributed by atoms with Gasteiger partial charge in [-0.1, -0.05) is 0 Å². The molecule has 1 aromatic rings. The van der Waals surface area contributed by atoms with Crippen molar-refractivity contribution in [3.05, 3.63) is 17.5 Å². The van der Waals surface area contributed by atoms with Crippen LogP contribution in [-0.4, -0.2) is 29.5 Å². The average Bonchev–Trinajstić information content (AvgIpc) is 2.26. The molecule has 11 heteroatoms. The number of nitrogens with zero attached hydrogens (tertiary/aromatic N) is 1. The Morgan fingerprint density at radius 3 is 2.19 bits per heavy atom. The zero-order valence-corrected chi connectivity index (χ0v) is 10.2. The van der Waals surface area contributed by atoms with E-state index in [-0.39, 0.29) is 0 Å². The van der Waals surface area contributed by atoms with Gasteiger partial charge in [-0.25, -0.2) is 4.98 Å². The molecule has 0 spiro atoms. The number of alkyl halides is 6. The van der Waals surface area contributed by atoms with Crippen molar-refractivity contribution in [1.82, 2.24) is 4.98 Å². The molecule has 0 bridgehead atoms. The van der Waals surface area contributed by atoms with Crippen molar-refractivity contribution in [2.24, 2.45) is 0 Å². The van der Waals surface area contributed by atoms with Crippen molar-refractivity contribution in [3.8, 4) is 11.5 Å². The highest BCUT2D eigenvalue weighted by Crippen LogP contribution is 2.39. The van der Waals surface area contributed by atoms with Gasteiger partial charge in [-0.15, -0.1) is 13.2 Å². The number of hydrogen-bond acceptors (Lipinski definition) is 4. The largest absolute Gasteiger partial charge is 0.573 e. The van der Waals surface area contributed by atoms with Crippen molar-refractivity contribution in [2.45, 2.75) is 19.0 Å². The molecule has 0 amide bonds. The maximum Gasteiger partial charge on any atom is 0.573 e. The third kappa shape index (κ3) is 4.68. The molecule has 0 aliphatic carbocycles. The van der Waals surface area contributed by atoms with Gasteiger partial charge in [0.25, 0.3) is 0 Å². The molecule has 1 N–H and O–H groups in total. The van der Waals surface area contributed by atoms with Crippen molar-refractivity contribution in [1.29, 1.82) is 0 Å². The lowest BCUT2D eigenvalue weighted by Crippen LogP contribution is -2.21. The van der Waals surface area contributed by atoms with Crippen molar-refractivity contribution in [3.63, 3.8) is 0 Å². The Morgan fingerprint density at radius 1 is 1.24 bits per heavy atom. The van der Waals surface area contributed by atoms with E-state index in [1.807, 2.05) is 0 Å². The molecule has 0 saturated heterocycles. The first-order chi connectivity index (χ1) is 9.44. The maximum absolute atomic E-state index is 12.7. The molecule has 0 radical (unpaired) electrons. The lowest BCUT2D eigenvalue weighted by molar-refractivity contribution is -0.275. The zero-order valence-electron chi connectivity index (χ0n) is 10.2. The predicted octanol–water partition coefficient (Wildman–Crippen LogP) is 2.63. The van der Waals surface area contributed by atoms with Gasteiger partial charge >= 0.3 is 18.5 Å². The number of ether oxygens (including phenoxy) is 2. The minimum atomic E-state index is -5.22. The standard InChI is InChI=1S/C10H7F6NO4/c1-20-6-3-5(21-10(14,15)16)4(2-7(18)19)17-8(6)9(11,12)13/h3H,2H2,1H3,(H,18,19). The molecule has 0 saturated carbocycles. The smallest absolute Gasteiger partial charge is 0.494 e. The van der Waals surface area contributed by atoms with Crippen molar-refractivity contribution >= 4 is 5.97 Å². The van der Waals surface area contributed by atoms with Gasteiger partial charge in [0.05, 0.1) is 19.2 Å². The van der Waals surface area contributed by atoms with Crippen LogP contribution in [-0.2, 0) is 17.4 Å². The van der Waals surface area contributed by atoms with Gasteiger partial charge in [0.2, 0.25) is 0 Å². The summed E-state index contributed by atoms with van der Waals surface area (Å²) in [6, 6.07) is 0.293. The van der Waals surface area contributed by atoms with Crippen LogP contribution >= 0.6 is 0 Å². The highest BCUT2D eigenvalue weighted by atomic mass is 19.4. The Hall–Kier alpha value is -2.20. The fraction of sp³-hybridized carbons (Fsp3) is 0.400. The molecule has 118 valence electrons. The topological polar surface area (TPSA) is 68.7 Å². The normalized spacial score (nSPS) is 12.1. The minimum Gasteiger partial charge on any atom is -0.494 e. The maximum atomic E-state index is 12.7. The molecule has 1 heterocycles. The molecule has 21 heavy (non-hydrogen) atoms. The molecule has 5 nitrogen and oxygen atoms in total. The van der Waals surface area contributed by atoms with Crippen molar-refractivity contribution < 1.29 is 45.7 Å². The fourth-order valence-electron chi connectivity index (χ4n) is 1.36. The van der Waals surface area contributed by atoms with Crippen LogP contribution in [0.4, 0.5) is 26.3 Å². The second kappa shape index (κ2) is 5.66. The summed E-state index contributed by atoms with van der Waals surface area (Å²) < 4.78 is 82.3. The molecule has 0 aliphatic rings. The minimum absolute atomic E-state index is 0.293. The number of carboxylic acids is 1. The van der Waals surface area contributed by atoms with Crippen LogP contribution in [0.3, 0.4) is 0 Å². The average molecular weight is 319 g/mol. The number of hydrogen-bond donors (Lipinski definition) is 1. The van der Waals surface area contributed by atoms with Crippen LogP contribution in [0.25, 0.3) is 0 Å². The molecular formula is C10H7F6NO4. The van der Waals surface area contributed by atoms with Gasteiger partial charge in [0, 0.05) is 6.07 Å². The van der Waals surface area contributed by atoms with E-state index in [2.05, 4.69) is 14.5 Å². The number of halogens is 6. The molecule has 0 fully saturated rings. The Bertz CT molecular complexity index is 540. The monoisotopic (exact) mass is 319 g/mol. The summed E-state index contributed by atoms with van der Waals surface area (Å²) in [5.74, 6) is -3.86. The SMILES string of the molecule is COc1cc(OC(F)(F)F)c(CC(=O)O)nc1C(F)(F)F. The Labute approximate surface area is 113 Å². The first-order valence-electron chi connectivity index (χ1n) is 5.06. The molecule has 1 aromatic heterocycles. The van der Waals surface area contributed by atoms with E-state index in [0.29, 0.717) is 6.07 Å². The summed E-state index contributed by atoms with van der Waals surface area (Å²) in [5, 5.41) is 8.52. The summed E-state index contributed by atoms with van der Waals surface area (Å²) in [7, 11) is 0.792. The number of carbonyl (C=O) groups is 1. The zero-order chi connectivity index (χ0) is 16.4. The summed E-state index contributed by atoms with van der Waals surface area (Å²) in [4.78, 5) is 13.4. The van der Waals surface area contributed by atoms with E-state index in [1.165, 1.54) is 0 Å². The first-order valence-corrected chi connectivity index (χ1v) is 5.06. The Balaban J connectivity index is 3.44. The van der Waals surface area contributed by atoms with E-state index in [9.17, 15) is 31.1 Å². The predicted molar refractivity (Wildman–Crippen MR) is 53.8 cm³/mol. The van der Waals surface area contributed by atoms with Gasteiger partial charge in [-0.3, -0.25) is 4.79 Å². The third-order valence-corrected chi connectivity index (χ3v) is 2.06. The molecule has 0 aromatic carbocycles. The number of rotatable bonds is 4. The summed E-state index contributed by atoms with van der Waals surface area (Å²) in [6.07, 6.45) is -11.4. The number of aliphatic carboxylic acids is 1. The van der Waals surface area contributed by atoms with Gasteiger partial charge < -0.3 is 14.6 Å². The highest BCUT2D eigenvalue weighted by molar-refractivity contribution is 5.70. The molecule has 1 rings (SSSR count). The van der Waals surface area contributed by atoms with E-state index in [4.69, 9.17) is 5.11 Å². The molecule has 0 unspecified atom stereocenters. The van der Waals surface area contributed by atoms with Crippen molar-refractivity contribution in [2.75, 3.05) is 7.11 Å². The number of pyridine rings is 1. The van der Waals surface area contributed by atoms with E-state index in [1.54, 1.807) is 0 Å². The van der Waals surface area contributed by atoms with Gasteiger partial charge in [0.1, 0.15) is 0 Å². The molecule has 0 atom stereocenters. The lowest BCUT2D eigenvalue weighted by atomic mass is 10.2. The number of carboxylic acid groups (broad SMARTS) is 1. The second-order valence-corrected chi connectivity index (χ2v) is 3.60. The molecule has 0 aliphatic heterocycles. The fourth-order valence-corrected chi connectivity index (χ4v) is 1.36.